The number of halogens is 2. The lowest BCUT2D eigenvalue weighted by atomic mass is 9.97. The van der Waals surface area contributed by atoms with Crippen molar-refractivity contribution in [1.29, 1.82) is 5.26 Å². The highest BCUT2D eigenvalue weighted by molar-refractivity contribution is 5.76. The monoisotopic (exact) mass is 446 g/mol. The van der Waals surface area contributed by atoms with E-state index in [4.69, 9.17) is 0 Å². The van der Waals surface area contributed by atoms with Gasteiger partial charge in [-0.05, 0) is 11.6 Å². The van der Waals surface area contributed by atoms with Crippen molar-refractivity contribution in [2.24, 2.45) is 0 Å². The van der Waals surface area contributed by atoms with Gasteiger partial charge in [-0.2, -0.15) is 5.26 Å². The molecule has 6 heteroatoms. The van der Waals surface area contributed by atoms with Crippen LogP contribution in [0.1, 0.15) is 5.56 Å². The van der Waals surface area contributed by atoms with Gasteiger partial charge >= 0.3 is 0 Å². The van der Waals surface area contributed by atoms with Crippen molar-refractivity contribution < 1.29 is 8.78 Å². The van der Waals surface area contributed by atoms with Crippen LogP contribution in [0, 0.1) is 23.0 Å². The molecule has 0 saturated heterocycles. The minimum Gasteiger partial charge on any atom is -0.208 e. The van der Waals surface area contributed by atoms with Crippen molar-refractivity contribution in [3.05, 3.63) is 114 Å². The molecule has 0 bridgehead atoms. The number of benzene rings is 4. The lowest BCUT2D eigenvalue weighted by Crippen LogP contribution is -2.04. The summed E-state index contributed by atoms with van der Waals surface area (Å²) in [4.78, 5) is 13.6. The fourth-order valence-corrected chi connectivity index (χ4v) is 3.67. The molecule has 0 unspecified atom stereocenters. The van der Waals surface area contributed by atoms with Gasteiger partial charge in [0.1, 0.15) is 11.9 Å². The number of hydrogen-bond acceptors (Lipinski definition) is 4. The van der Waals surface area contributed by atoms with Gasteiger partial charge < -0.3 is 0 Å². The first-order valence-electron chi connectivity index (χ1n) is 10.5. The van der Waals surface area contributed by atoms with Crippen LogP contribution >= 0.6 is 0 Å². The average molecular weight is 446 g/mol. The van der Waals surface area contributed by atoms with Crippen LogP contribution < -0.4 is 0 Å². The SMILES string of the molecule is N#Cc1cc(-c2nc(-c3ccccc3)nc(-c3ccccc3)n2)c(F)c(-c2ccccc2)c1F. The van der Waals surface area contributed by atoms with Crippen LogP contribution in [0.15, 0.2) is 97.1 Å². The quantitative estimate of drug-likeness (QED) is 0.309. The van der Waals surface area contributed by atoms with Gasteiger partial charge in [0.2, 0.25) is 0 Å². The molecule has 4 nitrogen and oxygen atoms in total. The number of hydrogen-bond donors (Lipinski definition) is 0. The maximum Gasteiger partial charge on any atom is 0.167 e. The van der Waals surface area contributed by atoms with E-state index in [-0.39, 0.29) is 22.5 Å². The summed E-state index contributed by atoms with van der Waals surface area (Å²) in [6.45, 7) is 0. The van der Waals surface area contributed by atoms with Gasteiger partial charge in [0, 0.05) is 11.1 Å². The molecule has 0 radical (unpaired) electrons. The molecular formula is C28H16F2N4. The Hall–Kier alpha value is -4.76. The van der Waals surface area contributed by atoms with Gasteiger partial charge in [-0.3, -0.25) is 0 Å². The third-order valence-electron chi connectivity index (χ3n) is 5.32. The highest BCUT2D eigenvalue weighted by Gasteiger charge is 2.23. The summed E-state index contributed by atoms with van der Waals surface area (Å²) in [5.41, 5.74) is 1.09. The number of aromatic nitrogens is 3. The van der Waals surface area contributed by atoms with E-state index in [1.807, 2.05) is 66.7 Å². The molecule has 0 aliphatic rings. The third kappa shape index (κ3) is 3.91. The standard InChI is InChI=1S/C28H16F2N4/c29-24-21(17-31)16-22(25(30)23(24)18-10-4-1-5-11-18)28-33-26(19-12-6-2-7-13-19)32-27(34-28)20-14-8-3-9-15-20/h1-16H. The van der Waals surface area contributed by atoms with E-state index in [2.05, 4.69) is 15.0 Å². The van der Waals surface area contributed by atoms with E-state index >= 15 is 8.78 Å². The molecular weight excluding hydrogens is 430 g/mol. The predicted molar refractivity (Wildman–Crippen MR) is 126 cm³/mol. The van der Waals surface area contributed by atoms with Crippen LogP contribution in [0.2, 0.25) is 0 Å². The van der Waals surface area contributed by atoms with Crippen molar-refractivity contribution in [3.8, 4) is 51.4 Å². The summed E-state index contributed by atoms with van der Waals surface area (Å²) in [5, 5.41) is 9.55. The van der Waals surface area contributed by atoms with Crippen LogP contribution in [0.3, 0.4) is 0 Å². The Morgan fingerprint density at radius 1 is 0.559 bits per heavy atom. The molecule has 1 aromatic heterocycles. The smallest absolute Gasteiger partial charge is 0.167 e. The predicted octanol–water partition coefficient (Wildman–Crippen LogP) is 6.69. The molecule has 1 heterocycles. The summed E-state index contributed by atoms with van der Waals surface area (Å²) in [7, 11) is 0. The summed E-state index contributed by atoms with van der Waals surface area (Å²) < 4.78 is 30.9. The van der Waals surface area contributed by atoms with Gasteiger partial charge in [-0.25, -0.2) is 23.7 Å². The van der Waals surface area contributed by atoms with E-state index in [0.717, 1.165) is 17.2 Å². The van der Waals surface area contributed by atoms with Crippen LogP contribution in [0.4, 0.5) is 8.78 Å². The Kier molecular flexibility index (Phi) is 5.59. The van der Waals surface area contributed by atoms with Crippen molar-refractivity contribution in [2.45, 2.75) is 0 Å². The van der Waals surface area contributed by atoms with Crippen molar-refractivity contribution in [1.82, 2.24) is 15.0 Å². The third-order valence-corrected chi connectivity index (χ3v) is 5.32. The van der Waals surface area contributed by atoms with Crippen LogP contribution in [0.5, 0.6) is 0 Å². The van der Waals surface area contributed by atoms with E-state index in [9.17, 15) is 5.26 Å². The second-order valence-corrected chi connectivity index (χ2v) is 7.49. The van der Waals surface area contributed by atoms with Gasteiger partial charge in [-0.15, -0.1) is 0 Å². The van der Waals surface area contributed by atoms with Crippen molar-refractivity contribution >= 4 is 0 Å². The molecule has 34 heavy (non-hydrogen) atoms. The summed E-state index contributed by atoms with van der Waals surface area (Å²) in [5.74, 6) is -1.07. The van der Waals surface area contributed by atoms with E-state index in [1.54, 1.807) is 30.3 Å². The second kappa shape index (κ2) is 9.00. The first kappa shape index (κ1) is 21.1. The number of rotatable bonds is 4. The average Bonchev–Trinajstić information content (AvgIpc) is 2.90. The Morgan fingerprint density at radius 3 is 1.47 bits per heavy atom. The second-order valence-electron chi connectivity index (χ2n) is 7.49. The molecule has 0 amide bonds. The first-order valence-corrected chi connectivity index (χ1v) is 10.5. The molecule has 5 rings (SSSR count). The van der Waals surface area contributed by atoms with E-state index in [1.165, 1.54) is 0 Å². The van der Waals surface area contributed by atoms with Crippen molar-refractivity contribution in [3.63, 3.8) is 0 Å². The highest BCUT2D eigenvalue weighted by atomic mass is 19.1. The zero-order valence-corrected chi connectivity index (χ0v) is 17.8. The maximum atomic E-state index is 15.8. The molecule has 0 N–H and O–H groups in total. The maximum absolute atomic E-state index is 15.8. The highest BCUT2D eigenvalue weighted by Crippen LogP contribution is 2.35. The summed E-state index contributed by atoms with van der Waals surface area (Å²) in [6, 6.07) is 29.7. The molecule has 162 valence electrons. The Labute approximate surface area is 194 Å². The van der Waals surface area contributed by atoms with E-state index < -0.39 is 11.6 Å². The van der Waals surface area contributed by atoms with Gasteiger partial charge in [0.15, 0.2) is 23.3 Å². The minimum atomic E-state index is -0.921. The zero-order valence-electron chi connectivity index (χ0n) is 17.8. The zero-order chi connectivity index (χ0) is 23.5. The minimum absolute atomic E-state index is 0.0129. The van der Waals surface area contributed by atoms with Gasteiger partial charge in [0.25, 0.3) is 0 Å². The summed E-state index contributed by atoms with van der Waals surface area (Å²) >= 11 is 0. The molecule has 0 saturated carbocycles. The molecule has 4 aromatic carbocycles. The fourth-order valence-electron chi connectivity index (χ4n) is 3.67. The Balaban J connectivity index is 1.79. The Morgan fingerprint density at radius 2 is 1.00 bits per heavy atom. The lowest BCUT2D eigenvalue weighted by molar-refractivity contribution is 0.588. The van der Waals surface area contributed by atoms with Gasteiger partial charge in [0.05, 0.1) is 16.7 Å². The summed E-state index contributed by atoms with van der Waals surface area (Å²) in [6.07, 6.45) is 0. The molecule has 0 atom stereocenters. The van der Waals surface area contributed by atoms with Crippen LogP contribution in [0.25, 0.3) is 45.3 Å². The van der Waals surface area contributed by atoms with Crippen LogP contribution in [-0.4, -0.2) is 15.0 Å². The molecule has 0 aliphatic carbocycles. The van der Waals surface area contributed by atoms with Crippen molar-refractivity contribution in [2.75, 3.05) is 0 Å². The first-order chi connectivity index (χ1) is 16.7. The normalized spacial score (nSPS) is 10.6. The molecule has 0 aliphatic heterocycles. The number of nitrogens with zero attached hydrogens (tertiary/aromatic N) is 4. The molecule has 5 aromatic rings. The lowest BCUT2D eigenvalue weighted by Gasteiger charge is -2.13. The van der Waals surface area contributed by atoms with E-state index in [0.29, 0.717) is 17.2 Å². The topological polar surface area (TPSA) is 62.5 Å². The Bertz CT molecular complexity index is 1460. The van der Waals surface area contributed by atoms with Gasteiger partial charge in [-0.1, -0.05) is 91.0 Å². The number of nitriles is 1. The largest absolute Gasteiger partial charge is 0.208 e. The molecule has 0 fully saturated rings. The molecule has 0 spiro atoms. The fraction of sp³-hybridized carbons (Fsp3) is 0. The van der Waals surface area contributed by atoms with Crippen LogP contribution in [-0.2, 0) is 0 Å².